The molecular weight excluding hydrogens is 286 g/mol. The van der Waals surface area contributed by atoms with E-state index in [9.17, 15) is 4.79 Å². The summed E-state index contributed by atoms with van der Waals surface area (Å²) in [6.45, 7) is 2.02. The van der Waals surface area contributed by atoms with Crippen molar-refractivity contribution in [2.45, 2.75) is 13.3 Å². The molecule has 3 rings (SSSR count). The molecule has 0 spiro atoms. The normalized spacial score (nSPS) is 10.6. The van der Waals surface area contributed by atoms with Gasteiger partial charge in [-0.2, -0.15) is 0 Å². The lowest BCUT2D eigenvalue weighted by molar-refractivity contribution is 0.0519. The van der Waals surface area contributed by atoms with Crippen LogP contribution in [-0.2, 0) is 11.2 Å². The van der Waals surface area contributed by atoms with Crippen LogP contribution in [0, 0.1) is 0 Å². The van der Waals surface area contributed by atoms with Gasteiger partial charge < -0.3 is 9.15 Å². The molecule has 0 aliphatic heterocycles. The molecule has 0 saturated heterocycles. The van der Waals surface area contributed by atoms with E-state index in [0.717, 1.165) is 0 Å². The maximum Gasteiger partial charge on any atom is 0.360 e. The van der Waals surface area contributed by atoms with Crippen molar-refractivity contribution in [3.8, 4) is 5.82 Å². The number of hydrogen-bond acceptors (Lipinski definition) is 7. The molecule has 8 heteroatoms. The van der Waals surface area contributed by atoms with Crippen LogP contribution in [0.25, 0.3) is 5.82 Å². The average molecular weight is 299 g/mol. The number of hydrogen-bond donors (Lipinski definition) is 0. The molecule has 0 atom stereocenters. The lowest BCUT2D eigenvalue weighted by atomic mass is 10.3. The van der Waals surface area contributed by atoms with E-state index in [1.165, 1.54) is 6.26 Å². The highest BCUT2D eigenvalue weighted by molar-refractivity contribution is 5.86. The molecule has 0 fully saturated rings. The minimum absolute atomic E-state index is 0.147. The number of aromatic nitrogens is 5. The predicted molar refractivity (Wildman–Crippen MR) is 74.4 cm³/mol. The number of ether oxygens (including phenoxy) is 1. The van der Waals surface area contributed by atoms with Crippen molar-refractivity contribution in [3.05, 3.63) is 54.1 Å². The first-order valence-corrected chi connectivity index (χ1v) is 6.70. The van der Waals surface area contributed by atoms with E-state index >= 15 is 0 Å². The number of rotatable bonds is 5. The molecule has 8 nitrogen and oxygen atoms in total. The first-order chi connectivity index (χ1) is 10.8. The smallest absolute Gasteiger partial charge is 0.360 e. The lowest BCUT2D eigenvalue weighted by Gasteiger charge is -1.95. The summed E-state index contributed by atoms with van der Waals surface area (Å²) in [7, 11) is 0. The molecule has 0 aliphatic rings. The van der Waals surface area contributed by atoms with Gasteiger partial charge in [0.2, 0.25) is 5.89 Å². The summed E-state index contributed by atoms with van der Waals surface area (Å²) in [6, 6.07) is 5.51. The summed E-state index contributed by atoms with van der Waals surface area (Å²) in [5, 5.41) is 8.03. The van der Waals surface area contributed by atoms with Crippen molar-refractivity contribution in [2.75, 3.05) is 6.61 Å². The third kappa shape index (κ3) is 3.00. The second-order valence-corrected chi connectivity index (χ2v) is 4.37. The zero-order valence-corrected chi connectivity index (χ0v) is 11.8. The monoisotopic (exact) mass is 299 g/mol. The molecular formula is C14H13N5O3. The van der Waals surface area contributed by atoms with E-state index in [1.807, 2.05) is 18.2 Å². The van der Waals surface area contributed by atoms with E-state index in [0.29, 0.717) is 30.4 Å². The van der Waals surface area contributed by atoms with Crippen molar-refractivity contribution in [2.24, 2.45) is 0 Å². The van der Waals surface area contributed by atoms with E-state index in [4.69, 9.17) is 9.15 Å². The molecule has 3 heterocycles. The van der Waals surface area contributed by atoms with Crippen LogP contribution in [0.15, 0.2) is 41.3 Å². The van der Waals surface area contributed by atoms with Crippen LogP contribution in [0.4, 0.5) is 0 Å². The van der Waals surface area contributed by atoms with Gasteiger partial charge in [-0.25, -0.2) is 19.4 Å². The largest absolute Gasteiger partial charge is 0.461 e. The number of oxazole rings is 1. The van der Waals surface area contributed by atoms with Crippen LogP contribution < -0.4 is 0 Å². The first-order valence-electron chi connectivity index (χ1n) is 6.70. The minimum atomic E-state index is -0.505. The topological polar surface area (TPSA) is 95.9 Å². The molecule has 22 heavy (non-hydrogen) atoms. The highest BCUT2D eigenvalue weighted by Gasteiger charge is 2.14. The number of carbonyl (C=O) groups excluding carboxylic acids is 1. The Morgan fingerprint density at radius 1 is 1.41 bits per heavy atom. The van der Waals surface area contributed by atoms with Gasteiger partial charge in [-0.1, -0.05) is 11.3 Å². The molecule has 0 bridgehead atoms. The molecule has 0 unspecified atom stereocenters. The Balaban J connectivity index is 1.72. The molecule has 0 saturated carbocycles. The maximum absolute atomic E-state index is 11.5. The molecule has 0 aliphatic carbocycles. The van der Waals surface area contributed by atoms with E-state index in [-0.39, 0.29) is 5.69 Å². The van der Waals surface area contributed by atoms with Gasteiger partial charge in [0.25, 0.3) is 0 Å². The van der Waals surface area contributed by atoms with Gasteiger partial charge >= 0.3 is 5.97 Å². The highest BCUT2D eigenvalue weighted by atomic mass is 16.5. The van der Waals surface area contributed by atoms with Crippen molar-refractivity contribution in [3.63, 3.8) is 0 Å². The summed E-state index contributed by atoms with van der Waals surface area (Å²) in [5.41, 5.74) is 0.803. The minimum Gasteiger partial charge on any atom is -0.461 e. The predicted octanol–water partition coefficient (Wildman–Crippen LogP) is 1.42. The van der Waals surface area contributed by atoms with Gasteiger partial charge in [0.15, 0.2) is 11.5 Å². The summed E-state index contributed by atoms with van der Waals surface area (Å²) < 4.78 is 11.7. The van der Waals surface area contributed by atoms with Crippen molar-refractivity contribution in [1.29, 1.82) is 0 Å². The molecule has 112 valence electrons. The number of nitrogens with zero attached hydrogens (tertiary/aromatic N) is 5. The fourth-order valence-electron chi connectivity index (χ4n) is 1.83. The van der Waals surface area contributed by atoms with E-state index in [1.54, 1.807) is 24.0 Å². The summed E-state index contributed by atoms with van der Waals surface area (Å²) >= 11 is 0. The standard InChI is InChI=1S/C14H13N5O3/c1-2-21-14(20)11-9-22-13(16-11)7-10-8-19(18-17-10)12-5-3-4-6-15-12/h3-6,8-9H,2,7H2,1H3. The Morgan fingerprint density at radius 2 is 2.32 bits per heavy atom. The average Bonchev–Trinajstić information content (AvgIpc) is 3.18. The number of pyridine rings is 1. The quantitative estimate of drug-likeness (QED) is 0.657. The molecule has 3 aromatic rings. The van der Waals surface area contributed by atoms with Crippen LogP contribution in [0.3, 0.4) is 0 Å². The van der Waals surface area contributed by atoms with Gasteiger partial charge in [-0.3, -0.25) is 0 Å². The number of carbonyl (C=O) groups is 1. The van der Waals surface area contributed by atoms with Crippen LogP contribution in [0.5, 0.6) is 0 Å². The zero-order valence-electron chi connectivity index (χ0n) is 11.8. The highest BCUT2D eigenvalue weighted by Crippen LogP contribution is 2.10. The second kappa shape index (κ2) is 6.17. The second-order valence-electron chi connectivity index (χ2n) is 4.37. The van der Waals surface area contributed by atoms with Gasteiger partial charge in [0.1, 0.15) is 6.26 Å². The Hall–Kier alpha value is -3.03. The van der Waals surface area contributed by atoms with Crippen molar-refractivity contribution in [1.82, 2.24) is 25.0 Å². The van der Waals surface area contributed by atoms with Crippen LogP contribution in [0.2, 0.25) is 0 Å². The van der Waals surface area contributed by atoms with Gasteiger partial charge in [0, 0.05) is 6.20 Å². The molecule has 3 aromatic heterocycles. The van der Waals surface area contributed by atoms with Gasteiger partial charge in [-0.05, 0) is 19.1 Å². The van der Waals surface area contributed by atoms with Gasteiger partial charge in [0.05, 0.1) is 24.9 Å². The lowest BCUT2D eigenvalue weighted by Crippen LogP contribution is -2.05. The Morgan fingerprint density at radius 3 is 3.09 bits per heavy atom. The molecule has 0 aromatic carbocycles. The zero-order chi connectivity index (χ0) is 15.4. The van der Waals surface area contributed by atoms with Crippen molar-refractivity contribution >= 4 is 5.97 Å². The third-order valence-corrected chi connectivity index (χ3v) is 2.79. The van der Waals surface area contributed by atoms with Crippen LogP contribution in [0.1, 0.15) is 29.0 Å². The Kier molecular flexibility index (Phi) is 3.90. The first kappa shape index (κ1) is 13.9. The van der Waals surface area contributed by atoms with Crippen LogP contribution in [-0.4, -0.2) is 37.5 Å². The molecule has 0 radical (unpaired) electrons. The fraction of sp³-hybridized carbons (Fsp3) is 0.214. The summed E-state index contributed by atoms with van der Waals surface area (Å²) in [4.78, 5) is 19.8. The molecule has 0 N–H and O–H groups in total. The van der Waals surface area contributed by atoms with E-state index in [2.05, 4.69) is 20.3 Å². The van der Waals surface area contributed by atoms with Crippen LogP contribution >= 0.6 is 0 Å². The fourth-order valence-corrected chi connectivity index (χ4v) is 1.83. The van der Waals surface area contributed by atoms with E-state index < -0.39 is 5.97 Å². The molecule has 0 amide bonds. The Bertz CT molecular complexity index is 766. The van der Waals surface area contributed by atoms with Gasteiger partial charge in [-0.15, -0.1) is 5.10 Å². The Labute approximate surface area is 125 Å². The maximum atomic E-state index is 11.5. The third-order valence-electron chi connectivity index (χ3n) is 2.79. The summed E-state index contributed by atoms with van der Waals surface area (Å²) in [5.74, 6) is 0.534. The summed E-state index contributed by atoms with van der Waals surface area (Å²) in [6.07, 6.45) is 5.01. The van der Waals surface area contributed by atoms with Crippen molar-refractivity contribution < 1.29 is 13.9 Å². The SMILES string of the molecule is CCOC(=O)c1coc(Cc2cn(-c3ccccn3)nn2)n1. The number of esters is 1.